The van der Waals surface area contributed by atoms with E-state index in [9.17, 15) is 9.59 Å². The van der Waals surface area contributed by atoms with Gasteiger partial charge in [-0.25, -0.2) is 4.79 Å². The molecule has 0 radical (unpaired) electrons. The fourth-order valence-corrected chi connectivity index (χ4v) is 2.81. The van der Waals surface area contributed by atoms with E-state index >= 15 is 0 Å². The maximum absolute atomic E-state index is 12.4. The third kappa shape index (κ3) is 4.81. The second-order valence-electron chi connectivity index (χ2n) is 5.88. The zero-order valence-electron chi connectivity index (χ0n) is 14.4. The van der Waals surface area contributed by atoms with Gasteiger partial charge in [-0.3, -0.25) is 4.79 Å². The first-order valence-corrected chi connectivity index (χ1v) is 8.21. The molecule has 1 unspecified atom stereocenters. The molecule has 0 fully saturated rings. The lowest BCUT2D eigenvalue weighted by molar-refractivity contribution is -0.123. The molecule has 0 heterocycles. The molecule has 0 bridgehead atoms. The average Bonchev–Trinajstić information content (AvgIpc) is 2.59. The third-order valence-corrected chi connectivity index (χ3v) is 4.11. The molecule has 0 aliphatic heterocycles. The fraction of sp³-hybridized carbons (Fsp3) is 0.263. The molecule has 3 N–H and O–H groups in total. The number of nitrogens with two attached hydrogens (primary N) is 1. The van der Waals surface area contributed by atoms with E-state index in [1.165, 1.54) is 7.11 Å². The van der Waals surface area contributed by atoms with Crippen molar-refractivity contribution in [1.82, 2.24) is 5.32 Å². The minimum atomic E-state index is -0.811. The third-order valence-electron chi connectivity index (χ3n) is 3.90. The van der Waals surface area contributed by atoms with Gasteiger partial charge in [0.15, 0.2) is 0 Å². The maximum atomic E-state index is 12.4. The van der Waals surface area contributed by atoms with E-state index in [0.717, 1.165) is 11.1 Å². The number of esters is 1. The van der Waals surface area contributed by atoms with Crippen molar-refractivity contribution < 1.29 is 14.3 Å². The fourth-order valence-electron chi connectivity index (χ4n) is 2.51. The van der Waals surface area contributed by atoms with Gasteiger partial charge in [0, 0.05) is 5.02 Å². The number of carbonyl (C=O) groups excluding carboxylic acids is 2. The smallest absolute Gasteiger partial charge is 0.337 e. The number of ether oxygens (including phenoxy) is 1. The molecule has 0 aliphatic carbocycles. The Morgan fingerprint density at radius 3 is 2.32 bits per heavy atom. The van der Waals surface area contributed by atoms with Gasteiger partial charge in [-0.1, -0.05) is 29.8 Å². The lowest BCUT2D eigenvalue weighted by atomic mass is 10.0. The minimum absolute atomic E-state index is 0.259. The predicted octanol–water partition coefficient (Wildman–Crippen LogP) is 3.31. The van der Waals surface area contributed by atoms with Crippen LogP contribution in [0.5, 0.6) is 0 Å². The largest absolute Gasteiger partial charge is 0.465 e. The van der Waals surface area contributed by atoms with Gasteiger partial charge in [0.25, 0.3) is 0 Å². The summed E-state index contributed by atoms with van der Waals surface area (Å²) < 4.78 is 4.66. The summed E-state index contributed by atoms with van der Waals surface area (Å²) in [5.74, 6) is -0.701. The van der Waals surface area contributed by atoms with Gasteiger partial charge in [-0.05, 0) is 54.8 Å². The van der Waals surface area contributed by atoms with E-state index in [0.29, 0.717) is 16.1 Å². The zero-order chi connectivity index (χ0) is 18.6. The summed E-state index contributed by atoms with van der Waals surface area (Å²) in [7, 11) is 1.33. The molecule has 132 valence electrons. The number of carbonyl (C=O) groups is 2. The molecule has 0 aromatic heterocycles. The summed E-state index contributed by atoms with van der Waals surface area (Å²) in [5, 5.41) is 3.42. The van der Waals surface area contributed by atoms with Crippen LogP contribution in [-0.4, -0.2) is 19.0 Å². The quantitative estimate of drug-likeness (QED) is 0.801. The van der Waals surface area contributed by atoms with Gasteiger partial charge >= 0.3 is 5.97 Å². The van der Waals surface area contributed by atoms with Crippen LogP contribution in [0.25, 0.3) is 0 Å². The molecule has 0 saturated heterocycles. The molecule has 5 nitrogen and oxygen atoms in total. The van der Waals surface area contributed by atoms with E-state index < -0.39 is 12.0 Å². The van der Waals surface area contributed by atoms with Crippen LogP contribution in [0.15, 0.2) is 42.5 Å². The van der Waals surface area contributed by atoms with Crippen LogP contribution in [0.2, 0.25) is 5.02 Å². The summed E-state index contributed by atoms with van der Waals surface area (Å²) >= 11 is 6.03. The van der Waals surface area contributed by atoms with Crippen LogP contribution < -0.4 is 11.1 Å². The molecule has 2 aromatic carbocycles. The van der Waals surface area contributed by atoms with Crippen LogP contribution >= 0.6 is 11.6 Å². The normalized spacial score (nSPS) is 13.0. The summed E-state index contributed by atoms with van der Waals surface area (Å²) in [5.41, 5.74) is 8.97. The number of methoxy groups -OCH3 is 1. The standard InChI is InChI=1S/C19H21ClN2O3/c1-11-8-15(10-16(20)9-11)17(21)18(23)22-12(2)13-4-6-14(7-5-13)19(24)25-3/h4-10,12,17H,21H2,1-3H3,(H,22,23)/t12-,17?/m1/s1. The summed E-state index contributed by atoms with van der Waals surface area (Å²) in [6, 6.07) is 11.1. The SMILES string of the molecule is COC(=O)c1ccc([C@@H](C)NC(=O)C(N)c2cc(C)cc(Cl)c2)cc1. The second-order valence-corrected chi connectivity index (χ2v) is 6.32. The number of hydrogen-bond donors (Lipinski definition) is 2. The van der Waals surface area contributed by atoms with Gasteiger partial charge in [0.05, 0.1) is 18.7 Å². The maximum Gasteiger partial charge on any atom is 0.337 e. The van der Waals surface area contributed by atoms with E-state index in [2.05, 4.69) is 10.1 Å². The topological polar surface area (TPSA) is 81.4 Å². The van der Waals surface area contributed by atoms with Crippen molar-refractivity contribution >= 4 is 23.5 Å². The number of amides is 1. The van der Waals surface area contributed by atoms with Gasteiger partial charge < -0.3 is 15.8 Å². The second kappa shape index (κ2) is 8.14. The Bertz CT molecular complexity index is 754. The highest BCUT2D eigenvalue weighted by molar-refractivity contribution is 6.30. The van der Waals surface area contributed by atoms with Crippen molar-refractivity contribution in [3.8, 4) is 0 Å². The van der Waals surface area contributed by atoms with E-state index in [1.54, 1.807) is 36.4 Å². The van der Waals surface area contributed by atoms with Crippen LogP contribution in [0.1, 0.15) is 46.1 Å². The van der Waals surface area contributed by atoms with Crippen molar-refractivity contribution in [2.75, 3.05) is 7.11 Å². The highest BCUT2D eigenvalue weighted by Gasteiger charge is 2.19. The van der Waals surface area contributed by atoms with Crippen molar-refractivity contribution in [2.45, 2.75) is 25.9 Å². The number of hydrogen-bond acceptors (Lipinski definition) is 4. The van der Waals surface area contributed by atoms with Crippen molar-refractivity contribution in [3.63, 3.8) is 0 Å². The average molecular weight is 361 g/mol. The Hall–Kier alpha value is -2.37. The lowest BCUT2D eigenvalue weighted by Gasteiger charge is -2.19. The molecular weight excluding hydrogens is 340 g/mol. The Morgan fingerprint density at radius 2 is 1.76 bits per heavy atom. The highest BCUT2D eigenvalue weighted by atomic mass is 35.5. The summed E-state index contributed by atoms with van der Waals surface area (Å²) in [4.78, 5) is 23.9. The Morgan fingerprint density at radius 1 is 1.12 bits per heavy atom. The van der Waals surface area contributed by atoms with E-state index in [-0.39, 0.29) is 11.9 Å². The number of aryl methyl sites for hydroxylation is 1. The van der Waals surface area contributed by atoms with Crippen molar-refractivity contribution in [3.05, 3.63) is 69.7 Å². The first-order valence-electron chi connectivity index (χ1n) is 7.83. The Balaban J connectivity index is 2.07. The molecule has 25 heavy (non-hydrogen) atoms. The molecule has 0 saturated carbocycles. The van der Waals surface area contributed by atoms with Crippen molar-refractivity contribution in [1.29, 1.82) is 0 Å². The molecule has 0 aliphatic rings. The van der Waals surface area contributed by atoms with Crippen LogP contribution in [-0.2, 0) is 9.53 Å². The number of halogens is 1. The Labute approximate surface area is 152 Å². The monoisotopic (exact) mass is 360 g/mol. The van der Waals surface area contributed by atoms with Crippen molar-refractivity contribution in [2.24, 2.45) is 5.73 Å². The predicted molar refractivity (Wildman–Crippen MR) is 97.5 cm³/mol. The first kappa shape index (κ1) is 19.0. The molecular formula is C19H21ClN2O3. The van der Waals surface area contributed by atoms with Gasteiger partial charge in [0.1, 0.15) is 6.04 Å². The summed E-state index contributed by atoms with van der Waals surface area (Å²) in [6.45, 7) is 3.74. The zero-order valence-corrected chi connectivity index (χ0v) is 15.1. The Kier molecular flexibility index (Phi) is 6.17. The van der Waals surface area contributed by atoms with E-state index in [4.69, 9.17) is 17.3 Å². The van der Waals surface area contributed by atoms with Crippen LogP contribution in [0, 0.1) is 6.92 Å². The van der Waals surface area contributed by atoms with Crippen LogP contribution in [0.4, 0.5) is 0 Å². The molecule has 6 heteroatoms. The lowest BCUT2D eigenvalue weighted by Crippen LogP contribution is -2.35. The number of benzene rings is 2. The van der Waals surface area contributed by atoms with Gasteiger partial charge in [0.2, 0.25) is 5.91 Å². The van der Waals surface area contributed by atoms with E-state index in [1.807, 2.05) is 19.9 Å². The summed E-state index contributed by atoms with van der Waals surface area (Å²) in [6.07, 6.45) is 0. The molecule has 2 atom stereocenters. The van der Waals surface area contributed by atoms with Crippen LogP contribution in [0.3, 0.4) is 0 Å². The molecule has 2 rings (SSSR count). The molecule has 2 aromatic rings. The first-order chi connectivity index (χ1) is 11.8. The molecule has 1 amide bonds. The number of rotatable bonds is 5. The minimum Gasteiger partial charge on any atom is -0.465 e. The molecule has 0 spiro atoms. The van der Waals surface area contributed by atoms with Gasteiger partial charge in [-0.15, -0.1) is 0 Å². The van der Waals surface area contributed by atoms with Gasteiger partial charge in [-0.2, -0.15) is 0 Å². The highest BCUT2D eigenvalue weighted by Crippen LogP contribution is 2.21. The number of nitrogens with one attached hydrogen (secondary N) is 1.